The van der Waals surface area contributed by atoms with Gasteiger partial charge in [0.05, 0.1) is 0 Å². The Morgan fingerprint density at radius 1 is 1.35 bits per heavy atom. The average molecular weight is 280 g/mol. The molecule has 5 heteroatoms. The predicted octanol–water partition coefficient (Wildman–Crippen LogP) is 2.07. The minimum absolute atomic E-state index is 0.139. The van der Waals surface area contributed by atoms with E-state index >= 15 is 0 Å². The van der Waals surface area contributed by atoms with Gasteiger partial charge in [-0.1, -0.05) is 20.8 Å². The number of hydrogen-bond donors (Lipinski definition) is 1. The standard InChI is InChI=1S/C15H28N4O/c1-4-8-18-9-5-6-15(7-10-18)13(16)17-14(20)19(15)11-12(2)3/h12H,4-11H2,1-3H3,(H2,16,17,20). The molecule has 1 unspecified atom stereocenters. The molecule has 1 atom stereocenters. The highest BCUT2D eigenvalue weighted by molar-refractivity contribution is 6.05. The van der Waals surface area contributed by atoms with E-state index in [0.717, 1.165) is 45.4 Å². The third-order valence-corrected chi connectivity index (χ3v) is 4.43. The Labute approximate surface area is 122 Å². The molecule has 2 N–H and O–H groups in total. The lowest BCUT2D eigenvalue weighted by atomic mass is 9.87. The van der Waals surface area contributed by atoms with Gasteiger partial charge in [0.15, 0.2) is 0 Å². The van der Waals surface area contributed by atoms with Gasteiger partial charge in [-0.2, -0.15) is 4.99 Å². The van der Waals surface area contributed by atoms with Crippen LogP contribution >= 0.6 is 0 Å². The second-order valence-electron chi connectivity index (χ2n) is 6.51. The molecule has 2 amide bonds. The van der Waals surface area contributed by atoms with Crippen LogP contribution in [0.3, 0.4) is 0 Å². The molecule has 5 nitrogen and oxygen atoms in total. The number of nitrogens with two attached hydrogens (primary N) is 1. The number of hydrogen-bond acceptors (Lipinski definition) is 3. The van der Waals surface area contributed by atoms with Crippen LogP contribution in [0.5, 0.6) is 0 Å². The summed E-state index contributed by atoms with van der Waals surface area (Å²) < 4.78 is 0. The Balaban J connectivity index is 2.17. The van der Waals surface area contributed by atoms with E-state index in [2.05, 4.69) is 30.7 Å². The first-order chi connectivity index (χ1) is 9.49. The molecule has 0 aliphatic carbocycles. The Hall–Kier alpha value is -1.10. The number of urea groups is 1. The second kappa shape index (κ2) is 6.12. The molecule has 1 spiro atoms. The van der Waals surface area contributed by atoms with Crippen LogP contribution in [0.4, 0.5) is 4.79 Å². The van der Waals surface area contributed by atoms with Crippen molar-refractivity contribution in [1.82, 2.24) is 9.80 Å². The van der Waals surface area contributed by atoms with E-state index in [9.17, 15) is 4.79 Å². The van der Waals surface area contributed by atoms with Gasteiger partial charge in [-0.15, -0.1) is 0 Å². The fourth-order valence-corrected chi connectivity index (χ4v) is 3.45. The molecule has 2 aliphatic rings. The maximum Gasteiger partial charge on any atom is 0.346 e. The number of amides is 2. The molecule has 0 aromatic rings. The molecule has 0 saturated carbocycles. The summed E-state index contributed by atoms with van der Waals surface area (Å²) in [6.07, 6.45) is 4.12. The molecular formula is C15H28N4O. The SMILES string of the molecule is CCCN1CCCC2(CC1)C(N)=NC(=O)N2CC(C)C. The van der Waals surface area contributed by atoms with E-state index in [-0.39, 0.29) is 11.6 Å². The van der Waals surface area contributed by atoms with Gasteiger partial charge in [0.25, 0.3) is 0 Å². The lowest BCUT2D eigenvalue weighted by molar-refractivity contribution is 0.148. The van der Waals surface area contributed by atoms with E-state index in [1.165, 1.54) is 6.42 Å². The zero-order valence-electron chi connectivity index (χ0n) is 13.1. The molecule has 0 bridgehead atoms. The molecule has 1 saturated heterocycles. The van der Waals surface area contributed by atoms with Crippen LogP contribution in [0.1, 0.15) is 46.5 Å². The van der Waals surface area contributed by atoms with Crippen molar-refractivity contribution in [2.24, 2.45) is 16.6 Å². The predicted molar refractivity (Wildman–Crippen MR) is 81.9 cm³/mol. The highest BCUT2D eigenvalue weighted by Gasteiger charge is 2.48. The maximum absolute atomic E-state index is 12.2. The van der Waals surface area contributed by atoms with Gasteiger partial charge in [-0.25, -0.2) is 4.79 Å². The first-order valence-electron chi connectivity index (χ1n) is 7.88. The van der Waals surface area contributed by atoms with Crippen LogP contribution in [0.2, 0.25) is 0 Å². The van der Waals surface area contributed by atoms with Crippen LogP contribution in [0.15, 0.2) is 4.99 Å². The molecule has 0 radical (unpaired) electrons. The summed E-state index contributed by atoms with van der Waals surface area (Å²) in [5.74, 6) is 0.980. The minimum atomic E-state index is -0.316. The van der Waals surface area contributed by atoms with Crippen LogP contribution < -0.4 is 5.73 Å². The Morgan fingerprint density at radius 3 is 2.75 bits per heavy atom. The third-order valence-electron chi connectivity index (χ3n) is 4.43. The fourth-order valence-electron chi connectivity index (χ4n) is 3.45. The van der Waals surface area contributed by atoms with E-state index in [1.807, 2.05) is 4.90 Å². The number of aliphatic imine (C=N–C) groups is 1. The van der Waals surface area contributed by atoms with E-state index in [4.69, 9.17) is 5.73 Å². The van der Waals surface area contributed by atoms with Gasteiger partial charge in [0.1, 0.15) is 11.4 Å². The van der Waals surface area contributed by atoms with Gasteiger partial charge in [0, 0.05) is 13.1 Å². The highest BCUT2D eigenvalue weighted by Crippen LogP contribution is 2.34. The molecule has 0 aromatic carbocycles. The number of carbonyl (C=O) groups is 1. The van der Waals surface area contributed by atoms with Crippen molar-refractivity contribution in [3.8, 4) is 0 Å². The summed E-state index contributed by atoms with van der Waals surface area (Å²) in [6.45, 7) is 10.5. The topological polar surface area (TPSA) is 61.9 Å². The number of likely N-dealkylation sites (tertiary alicyclic amines) is 1. The van der Waals surface area contributed by atoms with Crippen molar-refractivity contribution >= 4 is 11.9 Å². The van der Waals surface area contributed by atoms with Crippen molar-refractivity contribution < 1.29 is 4.79 Å². The molecule has 20 heavy (non-hydrogen) atoms. The lowest BCUT2D eigenvalue weighted by Gasteiger charge is -2.38. The van der Waals surface area contributed by atoms with Crippen molar-refractivity contribution in [1.29, 1.82) is 0 Å². The molecule has 0 aromatic heterocycles. The maximum atomic E-state index is 12.2. The molecular weight excluding hydrogens is 252 g/mol. The van der Waals surface area contributed by atoms with Crippen LogP contribution in [-0.4, -0.2) is 53.4 Å². The quantitative estimate of drug-likeness (QED) is 0.857. The highest BCUT2D eigenvalue weighted by atomic mass is 16.2. The summed E-state index contributed by atoms with van der Waals surface area (Å²) in [4.78, 5) is 20.7. The summed E-state index contributed by atoms with van der Waals surface area (Å²) >= 11 is 0. The summed E-state index contributed by atoms with van der Waals surface area (Å²) in [7, 11) is 0. The van der Waals surface area contributed by atoms with E-state index in [0.29, 0.717) is 11.8 Å². The minimum Gasteiger partial charge on any atom is -0.385 e. The normalized spacial score (nSPS) is 28.3. The lowest BCUT2D eigenvalue weighted by Crippen LogP contribution is -2.55. The third kappa shape index (κ3) is 2.82. The molecule has 2 heterocycles. The number of nitrogens with zero attached hydrogens (tertiary/aromatic N) is 3. The smallest absolute Gasteiger partial charge is 0.346 e. The van der Waals surface area contributed by atoms with E-state index < -0.39 is 0 Å². The van der Waals surface area contributed by atoms with Gasteiger partial charge >= 0.3 is 6.03 Å². The van der Waals surface area contributed by atoms with Crippen molar-refractivity contribution in [2.75, 3.05) is 26.2 Å². The van der Waals surface area contributed by atoms with Gasteiger partial charge in [-0.05, 0) is 44.7 Å². The van der Waals surface area contributed by atoms with Crippen LogP contribution in [-0.2, 0) is 0 Å². The Bertz CT molecular complexity index is 393. The van der Waals surface area contributed by atoms with Crippen LogP contribution in [0, 0.1) is 5.92 Å². The molecule has 2 aliphatic heterocycles. The van der Waals surface area contributed by atoms with Crippen LogP contribution in [0.25, 0.3) is 0 Å². The Kier molecular flexibility index (Phi) is 4.68. The first-order valence-corrected chi connectivity index (χ1v) is 7.88. The summed E-state index contributed by atoms with van der Waals surface area (Å²) in [6, 6.07) is -0.139. The fraction of sp³-hybridized carbons (Fsp3) is 0.867. The monoisotopic (exact) mass is 280 g/mol. The van der Waals surface area contributed by atoms with Crippen molar-refractivity contribution in [2.45, 2.75) is 52.0 Å². The number of carbonyl (C=O) groups excluding carboxylic acids is 1. The largest absolute Gasteiger partial charge is 0.385 e. The first kappa shape index (κ1) is 15.3. The average Bonchev–Trinajstić information content (AvgIpc) is 2.56. The molecule has 2 rings (SSSR count). The zero-order valence-corrected chi connectivity index (χ0v) is 13.1. The number of rotatable bonds is 4. The molecule has 1 fully saturated rings. The summed E-state index contributed by atoms with van der Waals surface area (Å²) in [5.41, 5.74) is 5.84. The van der Waals surface area contributed by atoms with Crippen molar-refractivity contribution in [3.63, 3.8) is 0 Å². The summed E-state index contributed by atoms with van der Waals surface area (Å²) in [5, 5.41) is 0. The van der Waals surface area contributed by atoms with E-state index in [1.54, 1.807) is 0 Å². The molecule has 114 valence electrons. The zero-order chi connectivity index (χ0) is 14.8. The van der Waals surface area contributed by atoms with Crippen molar-refractivity contribution in [3.05, 3.63) is 0 Å². The van der Waals surface area contributed by atoms with Gasteiger partial charge in [-0.3, -0.25) is 0 Å². The van der Waals surface area contributed by atoms with Gasteiger partial charge in [0.2, 0.25) is 0 Å². The second-order valence-corrected chi connectivity index (χ2v) is 6.51. The Morgan fingerprint density at radius 2 is 2.10 bits per heavy atom. The number of amidine groups is 1. The van der Waals surface area contributed by atoms with Gasteiger partial charge < -0.3 is 15.5 Å².